The molecule has 1 aliphatic rings. The van der Waals surface area contributed by atoms with E-state index in [2.05, 4.69) is 5.32 Å². The number of hydrogen-bond donors (Lipinski definition) is 1. The predicted molar refractivity (Wildman–Crippen MR) is 77.1 cm³/mol. The number of methoxy groups -OCH3 is 1. The third-order valence-electron chi connectivity index (χ3n) is 3.39. The van der Waals surface area contributed by atoms with Crippen molar-refractivity contribution in [2.45, 2.75) is 18.4 Å². The van der Waals surface area contributed by atoms with Crippen LogP contribution < -0.4 is 5.32 Å². The first-order valence-corrected chi connectivity index (χ1v) is 7.51. The minimum Gasteiger partial charge on any atom is -0.472 e. The molecule has 0 atom stereocenters. The molecule has 1 aromatic rings. The maximum absolute atomic E-state index is 11.7. The second-order valence-electron chi connectivity index (χ2n) is 4.61. The van der Waals surface area contributed by atoms with Crippen molar-refractivity contribution >= 4 is 23.7 Å². The van der Waals surface area contributed by atoms with Crippen molar-refractivity contribution in [1.29, 1.82) is 0 Å². The lowest BCUT2D eigenvalue weighted by Crippen LogP contribution is -2.46. The average Bonchev–Trinajstić information content (AvgIpc) is 2.97. The standard InChI is InChI=1S/C14H19NO3S/c1-17-14(5-8-19-9-6-14)11-15-13(16)3-2-12-4-7-18-10-12/h2-4,7,10H,5-6,8-9,11H2,1H3,(H,15,16). The van der Waals surface area contributed by atoms with Gasteiger partial charge in [0.25, 0.3) is 0 Å². The quantitative estimate of drug-likeness (QED) is 0.842. The highest BCUT2D eigenvalue weighted by Gasteiger charge is 2.32. The Hall–Kier alpha value is -1.20. The van der Waals surface area contributed by atoms with E-state index in [1.165, 1.54) is 6.08 Å². The van der Waals surface area contributed by atoms with Gasteiger partial charge in [-0.05, 0) is 36.5 Å². The SMILES string of the molecule is COC1(CNC(=O)C=Cc2ccoc2)CCSCC1. The third kappa shape index (κ3) is 4.14. The van der Waals surface area contributed by atoms with Crippen LogP contribution in [0.5, 0.6) is 0 Å². The zero-order valence-corrected chi connectivity index (χ0v) is 11.9. The summed E-state index contributed by atoms with van der Waals surface area (Å²) >= 11 is 1.94. The Morgan fingerprint density at radius 2 is 2.37 bits per heavy atom. The van der Waals surface area contributed by atoms with Gasteiger partial charge in [-0.25, -0.2) is 0 Å². The van der Waals surface area contributed by atoms with Gasteiger partial charge < -0.3 is 14.5 Å². The van der Waals surface area contributed by atoms with Gasteiger partial charge in [-0.1, -0.05) is 0 Å². The minimum atomic E-state index is -0.190. The van der Waals surface area contributed by atoms with E-state index in [1.807, 2.05) is 11.8 Å². The maximum atomic E-state index is 11.7. The Balaban J connectivity index is 1.82. The highest BCUT2D eigenvalue weighted by molar-refractivity contribution is 7.99. The lowest BCUT2D eigenvalue weighted by Gasteiger charge is -2.35. The predicted octanol–water partition coefficient (Wildman–Crippen LogP) is 2.32. The van der Waals surface area contributed by atoms with Gasteiger partial charge in [-0.2, -0.15) is 11.8 Å². The molecule has 1 aliphatic heterocycles. The van der Waals surface area contributed by atoms with Crippen molar-refractivity contribution < 1.29 is 13.9 Å². The van der Waals surface area contributed by atoms with Crippen molar-refractivity contribution in [2.24, 2.45) is 0 Å². The largest absolute Gasteiger partial charge is 0.472 e. The topological polar surface area (TPSA) is 51.5 Å². The molecule has 19 heavy (non-hydrogen) atoms. The molecular formula is C14H19NO3S. The fourth-order valence-corrected chi connectivity index (χ4v) is 3.28. The Kier molecular flexibility index (Phi) is 5.10. The molecule has 104 valence electrons. The lowest BCUT2D eigenvalue weighted by molar-refractivity contribution is -0.118. The molecule has 0 spiro atoms. The van der Waals surface area contributed by atoms with Crippen LogP contribution in [0.15, 0.2) is 29.1 Å². The Bertz CT molecular complexity index is 422. The van der Waals surface area contributed by atoms with E-state index in [4.69, 9.17) is 9.15 Å². The van der Waals surface area contributed by atoms with Crippen LogP contribution in [0.2, 0.25) is 0 Å². The molecule has 0 saturated carbocycles. The minimum absolute atomic E-state index is 0.101. The Morgan fingerprint density at radius 1 is 1.58 bits per heavy atom. The molecule has 2 rings (SSSR count). The fraction of sp³-hybridized carbons (Fsp3) is 0.500. The first-order valence-electron chi connectivity index (χ1n) is 6.35. The van der Waals surface area contributed by atoms with Crippen LogP contribution in [0.3, 0.4) is 0 Å². The first-order chi connectivity index (χ1) is 9.24. The number of carbonyl (C=O) groups excluding carboxylic acids is 1. The summed E-state index contributed by atoms with van der Waals surface area (Å²) in [5, 5.41) is 2.92. The monoisotopic (exact) mass is 281 g/mol. The van der Waals surface area contributed by atoms with Crippen LogP contribution in [-0.2, 0) is 9.53 Å². The van der Waals surface area contributed by atoms with Gasteiger partial charge in [0, 0.05) is 25.3 Å². The first kappa shape index (κ1) is 14.2. The van der Waals surface area contributed by atoms with Gasteiger partial charge in [-0.3, -0.25) is 4.79 Å². The highest BCUT2D eigenvalue weighted by atomic mass is 32.2. The molecular weight excluding hydrogens is 262 g/mol. The van der Waals surface area contributed by atoms with Crippen LogP contribution in [-0.4, -0.2) is 36.7 Å². The zero-order valence-electron chi connectivity index (χ0n) is 11.1. The molecule has 1 aromatic heterocycles. The summed E-state index contributed by atoms with van der Waals surface area (Å²) in [6, 6.07) is 1.80. The molecule has 1 saturated heterocycles. The number of nitrogens with one attached hydrogen (secondary N) is 1. The maximum Gasteiger partial charge on any atom is 0.244 e. The summed E-state index contributed by atoms with van der Waals surface area (Å²) in [6.07, 6.45) is 8.40. The molecule has 1 N–H and O–H groups in total. The van der Waals surface area contributed by atoms with Gasteiger partial charge in [0.15, 0.2) is 0 Å². The smallest absolute Gasteiger partial charge is 0.244 e. The van der Waals surface area contributed by atoms with E-state index < -0.39 is 0 Å². The number of carbonyl (C=O) groups is 1. The molecule has 0 unspecified atom stereocenters. The second-order valence-corrected chi connectivity index (χ2v) is 5.83. The summed E-state index contributed by atoms with van der Waals surface area (Å²) in [5.74, 6) is 2.08. The molecule has 1 fully saturated rings. The van der Waals surface area contributed by atoms with E-state index in [1.54, 1.807) is 31.8 Å². The van der Waals surface area contributed by atoms with E-state index in [0.29, 0.717) is 6.54 Å². The van der Waals surface area contributed by atoms with Crippen LogP contribution >= 0.6 is 11.8 Å². The normalized spacial score (nSPS) is 18.6. The Labute approximate surface area is 117 Å². The summed E-state index contributed by atoms with van der Waals surface area (Å²) in [5.41, 5.74) is 0.690. The molecule has 0 aliphatic carbocycles. The van der Waals surface area contributed by atoms with E-state index >= 15 is 0 Å². The van der Waals surface area contributed by atoms with Crippen molar-refractivity contribution in [3.8, 4) is 0 Å². The van der Waals surface area contributed by atoms with Crippen LogP contribution in [0.1, 0.15) is 18.4 Å². The fourth-order valence-electron chi connectivity index (χ4n) is 2.05. The number of furan rings is 1. The van der Waals surface area contributed by atoms with Crippen molar-refractivity contribution in [3.05, 3.63) is 30.2 Å². The van der Waals surface area contributed by atoms with Crippen molar-refractivity contribution in [3.63, 3.8) is 0 Å². The number of amides is 1. The highest BCUT2D eigenvalue weighted by Crippen LogP contribution is 2.29. The molecule has 0 bridgehead atoms. The third-order valence-corrected chi connectivity index (χ3v) is 4.38. The van der Waals surface area contributed by atoms with Crippen LogP contribution in [0.25, 0.3) is 6.08 Å². The summed E-state index contributed by atoms with van der Waals surface area (Å²) in [4.78, 5) is 11.7. The number of thioether (sulfide) groups is 1. The molecule has 4 nitrogen and oxygen atoms in total. The van der Waals surface area contributed by atoms with Gasteiger partial charge in [0.1, 0.15) is 0 Å². The summed E-state index contributed by atoms with van der Waals surface area (Å²) in [6.45, 7) is 0.568. The molecule has 0 aromatic carbocycles. The van der Waals surface area contributed by atoms with Gasteiger partial charge in [0.2, 0.25) is 5.91 Å². The summed E-state index contributed by atoms with van der Waals surface area (Å²) in [7, 11) is 1.73. The van der Waals surface area contributed by atoms with E-state index in [9.17, 15) is 4.79 Å². The summed E-state index contributed by atoms with van der Waals surface area (Å²) < 4.78 is 10.5. The molecule has 1 amide bonds. The Morgan fingerprint density at radius 3 is 3.00 bits per heavy atom. The molecule has 2 heterocycles. The zero-order chi connectivity index (χ0) is 13.6. The van der Waals surface area contributed by atoms with Crippen LogP contribution in [0, 0.1) is 0 Å². The van der Waals surface area contributed by atoms with E-state index in [0.717, 1.165) is 29.9 Å². The van der Waals surface area contributed by atoms with Gasteiger partial charge in [0.05, 0.1) is 18.1 Å². The van der Waals surface area contributed by atoms with Gasteiger partial charge >= 0.3 is 0 Å². The number of ether oxygens (including phenoxy) is 1. The van der Waals surface area contributed by atoms with Crippen molar-refractivity contribution in [2.75, 3.05) is 25.2 Å². The molecule has 0 radical (unpaired) electrons. The van der Waals surface area contributed by atoms with E-state index in [-0.39, 0.29) is 11.5 Å². The van der Waals surface area contributed by atoms with Crippen LogP contribution in [0.4, 0.5) is 0 Å². The average molecular weight is 281 g/mol. The van der Waals surface area contributed by atoms with Gasteiger partial charge in [-0.15, -0.1) is 0 Å². The lowest BCUT2D eigenvalue weighted by atomic mass is 9.96. The molecule has 5 heteroatoms. The number of hydrogen-bond acceptors (Lipinski definition) is 4. The number of rotatable bonds is 5. The van der Waals surface area contributed by atoms with Crippen molar-refractivity contribution in [1.82, 2.24) is 5.32 Å². The second kappa shape index (κ2) is 6.82.